The fourth-order valence-electron chi connectivity index (χ4n) is 6.31. The summed E-state index contributed by atoms with van der Waals surface area (Å²) in [5.41, 5.74) is -0.561. The number of nitrogens with zero attached hydrogens (tertiary/aromatic N) is 1. The van der Waals surface area contributed by atoms with Crippen molar-refractivity contribution in [2.45, 2.75) is 82.3 Å². The number of carbonyl (C=O) groups excluding carboxylic acids is 2. The monoisotopic (exact) mass is 364 g/mol. The summed E-state index contributed by atoms with van der Waals surface area (Å²) in [6.07, 6.45) is 11.4. The Balaban J connectivity index is 1.39. The minimum atomic E-state index is -0.561. The number of ether oxygens (including phenoxy) is 2. The Labute approximate surface area is 157 Å². The highest BCUT2D eigenvalue weighted by molar-refractivity contribution is 5.84. The standard InChI is InChI=1S/C21H34NO4/c1-22-12-6-3-9-18(22)16(8-7-13-22)15-25-20(24)17-14-19(23)26-21(17)10-4-2-5-11-21/h16-18H,2-15H2,1H3/q+1/t16-,17+,18+,22+/m1/s1. The Morgan fingerprint density at radius 2 is 1.88 bits per heavy atom. The first-order valence-electron chi connectivity index (χ1n) is 10.8. The highest BCUT2D eigenvalue weighted by Gasteiger charge is 2.54. The van der Waals surface area contributed by atoms with Gasteiger partial charge in [-0.3, -0.25) is 9.59 Å². The van der Waals surface area contributed by atoms with Crippen LogP contribution in [0.15, 0.2) is 0 Å². The molecule has 0 N–H and O–H groups in total. The molecule has 1 saturated carbocycles. The molecule has 0 aromatic rings. The summed E-state index contributed by atoms with van der Waals surface area (Å²) in [5.74, 6) is -0.319. The molecule has 4 aliphatic rings. The minimum Gasteiger partial charge on any atom is -0.465 e. The van der Waals surface area contributed by atoms with Gasteiger partial charge in [0.25, 0.3) is 0 Å². The zero-order chi connectivity index (χ0) is 18.2. The van der Waals surface area contributed by atoms with Crippen LogP contribution in [-0.4, -0.2) is 54.8 Å². The lowest BCUT2D eigenvalue weighted by molar-refractivity contribution is -0.947. The van der Waals surface area contributed by atoms with E-state index >= 15 is 0 Å². The average molecular weight is 365 g/mol. The minimum absolute atomic E-state index is 0.187. The van der Waals surface area contributed by atoms with E-state index in [1.807, 2.05) is 0 Å². The van der Waals surface area contributed by atoms with Crippen molar-refractivity contribution in [3.63, 3.8) is 0 Å². The van der Waals surface area contributed by atoms with E-state index in [4.69, 9.17) is 9.47 Å². The van der Waals surface area contributed by atoms with Gasteiger partial charge in [0.1, 0.15) is 11.5 Å². The van der Waals surface area contributed by atoms with Crippen molar-refractivity contribution in [2.24, 2.45) is 11.8 Å². The number of fused-ring (bicyclic) bond motifs is 1. The molecular weight excluding hydrogens is 330 g/mol. The Bertz CT molecular complexity index is 552. The zero-order valence-electron chi connectivity index (χ0n) is 16.2. The topological polar surface area (TPSA) is 52.6 Å². The molecule has 0 bridgehead atoms. The highest BCUT2D eigenvalue weighted by Crippen LogP contribution is 2.45. The van der Waals surface area contributed by atoms with Crippen LogP contribution in [0.4, 0.5) is 0 Å². The number of carbonyl (C=O) groups is 2. The third-order valence-electron chi connectivity index (χ3n) is 7.75. The molecular formula is C21H34NO4+. The Kier molecular flexibility index (Phi) is 5.02. The molecule has 1 aliphatic carbocycles. The fraction of sp³-hybridized carbons (Fsp3) is 0.905. The van der Waals surface area contributed by atoms with Crippen LogP contribution in [0.1, 0.15) is 70.6 Å². The number of hydrogen-bond acceptors (Lipinski definition) is 4. The smallest absolute Gasteiger partial charge is 0.313 e. The molecule has 4 fully saturated rings. The molecule has 26 heavy (non-hydrogen) atoms. The molecule has 3 heterocycles. The number of rotatable bonds is 3. The van der Waals surface area contributed by atoms with Gasteiger partial charge in [-0.25, -0.2) is 0 Å². The largest absolute Gasteiger partial charge is 0.465 e. The van der Waals surface area contributed by atoms with Gasteiger partial charge in [-0.15, -0.1) is 0 Å². The van der Waals surface area contributed by atoms with Crippen molar-refractivity contribution in [3.05, 3.63) is 0 Å². The predicted molar refractivity (Wildman–Crippen MR) is 97.3 cm³/mol. The van der Waals surface area contributed by atoms with E-state index in [1.54, 1.807) is 0 Å². The van der Waals surface area contributed by atoms with Gasteiger partial charge in [-0.2, -0.15) is 0 Å². The van der Waals surface area contributed by atoms with E-state index < -0.39 is 5.60 Å². The maximum atomic E-state index is 12.9. The predicted octanol–water partition coefficient (Wildman–Crippen LogP) is 3.20. The average Bonchev–Trinajstić information content (AvgIpc) is 2.95. The molecule has 4 rings (SSSR count). The molecule has 3 aliphatic heterocycles. The summed E-state index contributed by atoms with van der Waals surface area (Å²) < 4.78 is 12.7. The van der Waals surface area contributed by atoms with Crippen molar-refractivity contribution >= 4 is 11.9 Å². The van der Waals surface area contributed by atoms with Gasteiger partial charge in [0.2, 0.25) is 0 Å². The van der Waals surface area contributed by atoms with Crippen LogP contribution >= 0.6 is 0 Å². The molecule has 0 aromatic heterocycles. The molecule has 5 heteroatoms. The first-order chi connectivity index (χ1) is 12.5. The first kappa shape index (κ1) is 18.3. The van der Waals surface area contributed by atoms with Gasteiger partial charge in [0.15, 0.2) is 0 Å². The number of piperidine rings is 2. The third-order valence-corrected chi connectivity index (χ3v) is 7.75. The number of esters is 2. The van der Waals surface area contributed by atoms with E-state index in [0.717, 1.165) is 36.6 Å². The first-order valence-corrected chi connectivity index (χ1v) is 10.8. The van der Waals surface area contributed by atoms with Crippen LogP contribution in [0.5, 0.6) is 0 Å². The third kappa shape index (κ3) is 3.28. The molecule has 0 radical (unpaired) electrons. The lowest BCUT2D eigenvalue weighted by atomic mass is 9.76. The number of quaternary nitrogens is 1. The van der Waals surface area contributed by atoms with E-state index in [2.05, 4.69) is 7.05 Å². The van der Waals surface area contributed by atoms with E-state index in [0.29, 0.717) is 18.6 Å². The summed E-state index contributed by atoms with van der Waals surface area (Å²) in [4.78, 5) is 24.8. The second-order valence-corrected chi connectivity index (χ2v) is 9.38. The molecule has 0 unspecified atom stereocenters. The lowest BCUT2D eigenvalue weighted by Gasteiger charge is -2.51. The van der Waals surface area contributed by atoms with Crippen LogP contribution in [0, 0.1) is 11.8 Å². The highest BCUT2D eigenvalue weighted by atomic mass is 16.6. The van der Waals surface area contributed by atoms with Crippen LogP contribution < -0.4 is 0 Å². The van der Waals surface area contributed by atoms with Crippen LogP contribution in [-0.2, 0) is 19.1 Å². The molecule has 1 spiro atoms. The molecule has 4 atom stereocenters. The summed E-state index contributed by atoms with van der Waals surface area (Å²) in [6, 6.07) is 0.635. The lowest BCUT2D eigenvalue weighted by Crippen LogP contribution is -2.61. The van der Waals surface area contributed by atoms with Crippen molar-refractivity contribution in [1.82, 2.24) is 0 Å². The second kappa shape index (κ2) is 7.14. The van der Waals surface area contributed by atoms with Gasteiger partial charge in [-0.1, -0.05) is 6.42 Å². The van der Waals surface area contributed by atoms with Crippen LogP contribution in [0.3, 0.4) is 0 Å². The molecule has 0 aromatic carbocycles. The second-order valence-electron chi connectivity index (χ2n) is 9.38. The van der Waals surface area contributed by atoms with Gasteiger partial charge in [-0.05, 0) is 51.4 Å². The Morgan fingerprint density at radius 1 is 1.12 bits per heavy atom. The van der Waals surface area contributed by atoms with Crippen molar-refractivity contribution in [1.29, 1.82) is 0 Å². The molecule has 146 valence electrons. The number of hydrogen-bond donors (Lipinski definition) is 0. The maximum absolute atomic E-state index is 12.9. The van der Waals surface area contributed by atoms with Gasteiger partial charge >= 0.3 is 11.9 Å². The Hall–Kier alpha value is -1.10. The molecule has 5 nitrogen and oxygen atoms in total. The van der Waals surface area contributed by atoms with Crippen molar-refractivity contribution < 1.29 is 23.5 Å². The van der Waals surface area contributed by atoms with Crippen LogP contribution in [0.2, 0.25) is 0 Å². The fourth-order valence-corrected chi connectivity index (χ4v) is 6.31. The quantitative estimate of drug-likeness (QED) is 0.570. The van der Waals surface area contributed by atoms with Gasteiger partial charge < -0.3 is 14.0 Å². The summed E-state index contributed by atoms with van der Waals surface area (Å²) >= 11 is 0. The summed E-state index contributed by atoms with van der Waals surface area (Å²) in [7, 11) is 2.39. The van der Waals surface area contributed by atoms with E-state index in [1.165, 1.54) is 45.2 Å². The van der Waals surface area contributed by atoms with Crippen molar-refractivity contribution in [3.8, 4) is 0 Å². The summed E-state index contributed by atoms with van der Waals surface area (Å²) in [6.45, 7) is 3.06. The van der Waals surface area contributed by atoms with Gasteiger partial charge in [0.05, 0.1) is 39.2 Å². The van der Waals surface area contributed by atoms with Gasteiger partial charge in [0, 0.05) is 12.3 Å². The van der Waals surface area contributed by atoms with E-state index in [-0.39, 0.29) is 24.3 Å². The SMILES string of the molecule is C[N@@+]12CCCC[C@H]1[C@@H](COC(=O)[C@@H]1CC(=O)OC13CCCCC3)CCC2. The summed E-state index contributed by atoms with van der Waals surface area (Å²) in [5, 5.41) is 0. The van der Waals surface area contributed by atoms with Crippen LogP contribution in [0.25, 0.3) is 0 Å². The maximum Gasteiger partial charge on any atom is 0.313 e. The normalized spacial score (nSPS) is 39.3. The van der Waals surface area contributed by atoms with E-state index in [9.17, 15) is 9.59 Å². The zero-order valence-corrected chi connectivity index (χ0v) is 16.2. The molecule has 3 saturated heterocycles. The molecule has 0 amide bonds. The van der Waals surface area contributed by atoms with Crippen molar-refractivity contribution in [2.75, 3.05) is 26.7 Å². The Morgan fingerprint density at radius 3 is 2.69 bits per heavy atom.